The average molecular weight is 593 g/mol. The van der Waals surface area contributed by atoms with Crippen molar-refractivity contribution < 1.29 is 28.9 Å². The number of aromatic nitrogens is 3. The van der Waals surface area contributed by atoms with Crippen molar-refractivity contribution >= 4 is 46.6 Å². The SMILES string of the molecule is COc1nc(NCCN(C(=O)O)C(C)C)nc(OC)c1NC(=O)c1csc(Oc2cc(C(C)C)c(Cl)cc2C)n1. The number of nitrogens with one attached hydrogen (secondary N) is 2. The first-order chi connectivity index (χ1) is 18.9. The van der Waals surface area contributed by atoms with Gasteiger partial charge in [0.05, 0.1) is 14.2 Å². The number of ether oxygens (including phenoxy) is 3. The van der Waals surface area contributed by atoms with Crippen LogP contribution < -0.4 is 24.8 Å². The highest BCUT2D eigenvalue weighted by Crippen LogP contribution is 2.36. The van der Waals surface area contributed by atoms with Gasteiger partial charge in [-0.25, -0.2) is 4.79 Å². The van der Waals surface area contributed by atoms with Gasteiger partial charge in [0.1, 0.15) is 11.4 Å². The molecule has 0 aliphatic carbocycles. The minimum atomic E-state index is -1.02. The molecule has 12 nitrogen and oxygen atoms in total. The molecule has 2 heterocycles. The zero-order chi connectivity index (χ0) is 29.6. The van der Waals surface area contributed by atoms with Crippen molar-refractivity contribution in [3.8, 4) is 22.7 Å². The van der Waals surface area contributed by atoms with Crippen LogP contribution in [-0.2, 0) is 0 Å². The fourth-order valence-corrected chi connectivity index (χ4v) is 4.76. The Balaban J connectivity index is 1.75. The summed E-state index contributed by atoms with van der Waals surface area (Å²) >= 11 is 7.53. The lowest BCUT2D eigenvalue weighted by atomic mass is 10.0. The first-order valence-electron chi connectivity index (χ1n) is 12.4. The maximum Gasteiger partial charge on any atom is 0.407 e. The predicted octanol–water partition coefficient (Wildman–Crippen LogP) is 5.88. The Morgan fingerprint density at radius 3 is 2.30 bits per heavy atom. The molecule has 0 atom stereocenters. The zero-order valence-corrected chi connectivity index (χ0v) is 24.9. The monoisotopic (exact) mass is 592 g/mol. The molecule has 0 aliphatic rings. The molecular weight excluding hydrogens is 560 g/mol. The Kier molecular flexibility index (Phi) is 10.3. The number of benzene rings is 1. The molecule has 3 aromatic rings. The van der Waals surface area contributed by atoms with Crippen LogP contribution in [0.5, 0.6) is 22.7 Å². The Bertz CT molecular complexity index is 1340. The van der Waals surface area contributed by atoms with Gasteiger partial charge in [0.15, 0.2) is 5.69 Å². The van der Waals surface area contributed by atoms with Crippen molar-refractivity contribution in [3.05, 3.63) is 39.4 Å². The molecule has 0 aliphatic heterocycles. The number of rotatable bonds is 12. The third-order valence-electron chi connectivity index (χ3n) is 5.80. The fraction of sp³-hybridized carbons (Fsp3) is 0.423. The molecule has 0 unspecified atom stereocenters. The second-order valence-corrected chi connectivity index (χ2v) is 10.5. The molecule has 0 bridgehead atoms. The summed E-state index contributed by atoms with van der Waals surface area (Å²) < 4.78 is 16.7. The second-order valence-electron chi connectivity index (χ2n) is 9.29. The summed E-state index contributed by atoms with van der Waals surface area (Å²) in [6.07, 6.45) is -1.02. The number of amides is 2. The van der Waals surface area contributed by atoms with Crippen LogP contribution in [0.2, 0.25) is 5.02 Å². The van der Waals surface area contributed by atoms with Crippen molar-refractivity contribution in [1.82, 2.24) is 19.9 Å². The molecule has 3 rings (SSSR count). The van der Waals surface area contributed by atoms with Gasteiger partial charge in [-0.15, -0.1) is 0 Å². The van der Waals surface area contributed by atoms with E-state index in [2.05, 4.69) is 25.6 Å². The lowest BCUT2D eigenvalue weighted by Gasteiger charge is -2.23. The highest BCUT2D eigenvalue weighted by atomic mass is 35.5. The van der Waals surface area contributed by atoms with Gasteiger partial charge in [0.25, 0.3) is 11.1 Å². The van der Waals surface area contributed by atoms with Crippen LogP contribution in [-0.4, -0.2) is 70.3 Å². The number of halogens is 1. The van der Waals surface area contributed by atoms with Gasteiger partial charge in [0.2, 0.25) is 17.7 Å². The topological polar surface area (TPSA) is 148 Å². The van der Waals surface area contributed by atoms with E-state index in [9.17, 15) is 14.7 Å². The summed E-state index contributed by atoms with van der Waals surface area (Å²) in [6, 6.07) is 3.54. The summed E-state index contributed by atoms with van der Waals surface area (Å²) in [5.41, 5.74) is 2.02. The van der Waals surface area contributed by atoms with Crippen molar-refractivity contribution in [3.63, 3.8) is 0 Å². The molecule has 0 radical (unpaired) electrons. The van der Waals surface area contributed by atoms with Gasteiger partial charge in [-0.1, -0.05) is 36.8 Å². The van der Waals surface area contributed by atoms with E-state index < -0.39 is 12.0 Å². The van der Waals surface area contributed by atoms with Gasteiger partial charge in [-0.3, -0.25) is 4.79 Å². The molecule has 14 heteroatoms. The number of carbonyl (C=O) groups is 2. The standard InChI is InChI=1S/C26H33ClN6O6S/c1-13(2)16-11-19(15(5)10-17(16)27)39-25-29-18(12-40-25)21(34)30-20-22(37-6)31-24(32-23(20)38-7)28-8-9-33(14(3)4)26(35)36/h10-14H,8-9H2,1-7H3,(H,30,34)(H,35,36)(H,28,31,32). The Morgan fingerprint density at radius 1 is 1.10 bits per heavy atom. The van der Waals surface area contributed by atoms with Crippen LogP contribution in [0, 0.1) is 6.92 Å². The van der Waals surface area contributed by atoms with Crippen molar-refractivity contribution in [2.75, 3.05) is 37.9 Å². The molecule has 2 amide bonds. The average Bonchev–Trinajstić information content (AvgIpc) is 3.36. The van der Waals surface area contributed by atoms with E-state index in [1.165, 1.54) is 30.5 Å². The van der Waals surface area contributed by atoms with Gasteiger partial charge in [0, 0.05) is 29.5 Å². The fourth-order valence-electron chi connectivity index (χ4n) is 3.67. The highest BCUT2D eigenvalue weighted by Gasteiger charge is 2.22. The highest BCUT2D eigenvalue weighted by molar-refractivity contribution is 7.11. The van der Waals surface area contributed by atoms with E-state index in [1.54, 1.807) is 19.2 Å². The number of methoxy groups -OCH3 is 2. The first-order valence-corrected chi connectivity index (χ1v) is 13.7. The van der Waals surface area contributed by atoms with E-state index in [4.69, 9.17) is 25.8 Å². The van der Waals surface area contributed by atoms with Gasteiger partial charge in [-0.05, 0) is 49.9 Å². The summed E-state index contributed by atoms with van der Waals surface area (Å²) in [4.78, 5) is 38.6. The summed E-state index contributed by atoms with van der Waals surface area (Å²) in [5.74, 6) is 0.508. The quantitative estimate of drug-likeness (QED) is 0.233. The molecule has 0 saturated carbocycles. The summed E-state index contributed by atoms with van der Waals surface area (Å²) in [5, 5.41) is 17.5. The van der Waals surface area contributed by atoms with E-state index in [-0.39, 0.29) is 59.3 Å². The minimum Gasteiger partial charge on any atom is -0.479 e. The Morgan fingerprint density at radius 2 is 1.75 bits per heavy atom. The largest absolute Gasteiger partial charge is 0.479 e. The predicted molar refractivity (Wildman–Crippen MR) is 154 cm³/mol. The van der Waals surface area contributed by atoms with E-state index in [0.717, 1.165) is 11.1 Å². The normalized spacial score (nSPS) is 10.9. The van der Waals surface area contributed by atoms with Gasteiger partial charge >= 0.3 is 6.09 Å². The lowest BCUT2D eigenvalue weighted by Crippen LogP contribution is -2.39. The Hall–Kier alpha value is -3.84. The minimum absolute atomic E-state index is 0.0476. The number of nitrogens with zero attached hydrogens (tertiary/aromatic N) is 4. The van der Waals surface area contributed by atoms with Crippen molar-refractivity contribution in [2.45, 2.75) is 46.6 Å². The Labute approximate surface area is 241 Å². The third kappa shape index (κ3) is 7.42. The zero-order valence-electron chi connectivity index (χ0n) is 23.4. The number of carboxylic acid groups (broad SMARTS) is 1. The van der Waals surface area contributed by atoms with Crippen molar-refractivity contribution in [2.24, 2.45) is 0 Å². The van der Waals surface area contributed by atoms with Crippen LogP contribution in [0.15, 0.2) is 17.5 Å². The number of hydrogen-bond donors (Lipinski definition) is 3. The molecule has 216 valence electrons. The van der Waals surface area contributed by atoms with Gasteiger partial charge in [-0.2, -0.15) is 15.0 Å². The maximum atomic E-state index is 13.0. The smallest absolute Gasteiger partial charge is 0.407 e. The van der Waals surface area contributed by atoms with Crippen LogP contribution in [0.1, 0.15) is 55.2 Å². The van der Waals surface area contributed by atoms with Crippen LogP contribution >= 0.6 is 22.9 Å². The summed E-state index contributed by atoms with van der Waals surface area (Å²) in [6.45, 7) is 10.00. The summed E-state index contributed by atoms with van der Waals surface area (Å²) in [7, 11) is 2.78. The second kappa shape index (κ2) is 13.5. The number of thiazole rings is 1. The van der Waals surface area contributed by atoms with Gasteiger partial charge < -0.3 is 34.9 Å². The van der Waals surface area contributed by atoms with Crippen LogP contribution in [0.3, 0.4) is 0 Å². The van der Waals surface area contributed by atoms with Crippen LogP contribution in [0.4, 0.5) is 16.4 Å². The molecule has 2 aromatic heterocycles. The molecule has 0 saturated heterocycles. The van der Waals surface area contributed by atoms with Crippen LogP contribution in [0.25, 0.3) is 0 Å². The number of aryl methyl sites for hydroxylation is 1. The third-order valence-corrected chi connectivity index (χ3v) is 6.85. The molecule has 40 heavy (non-hydrogen) atoms. The van der Waals surface area contributed by atoms with E-state index >= 15 is 0 Å². The molecule has 0 spiro atoms. The lowest BCUT2D eigenvalue weighted by molar-refractivity contribution is 0.102. The molecular formula is C26H33ClN6O6S. The molecule has 0 fully saturated rings. The number of carbonyl (C=O) groups excluding carboxylic acids is 1. The first kappa shape index (κ1) is 30.7. The molecule has 1 aromatic carbocycles. The maximum absolute atomic E-state index is 13.0. The molecule has 3 N–H and O–H groups in total. The van der Waals surface area contributed by atoms with Crippen molar-refractivity contribution in [1.29, 1.82) is 0 Å². The number of anilines is 2. The number of hydrogen-bond acceptors (Lipinski definition) is 10. The van der Waals surface area contributed by atoms with E-state index in [0.29, 0.717) is 10.8 Å². The van der Waals surface area contributed by atoms with E-state index in [1.807, 2.05) is 32.9 Å².